The van der Waals surface area contributed by atoms with Gasteiger partial charge in [-0.3, -0.25) is 9.59 Å². The summed E-state index contributed by atoms with van der Waals surface area (Å²) < 4.78 is 0. The summed E-state index contributed by atoms with van der Waals surface area (Å²) in [6, 6.07) is 6.65. The molecule has 0 radical (unpaired) electrons. The summed E-state index contributed by atoms with van der Waals surface area (Å²) in [7, 11) is 0. The third-order valence-corrected chi connectivity index (χ3v) is 3.05. The predicted molar refractivity (Wildman–Crippen MR) is 69.7 cm³/mol. The average Bonchev–Trinajstić information content (AvgIpc) is 2.28. The van der Waals surface area contributed by atoms with Gasteiger partial charge in [-0.15, -0.1) is 0 Å². The topological polar surface area (TPSA) is 66.4 Å². The van der Waals surface area contributed by atoms with Gasteiger partial charge in [0.15, 0.2) is 0 Å². The van der Waals surface area contributed by atoms with Crippen LogP contribution in [0.15, 0.2) is 24.3 Å². The molecule has 0 saturated carbocycles. The number of hydrogen-bond acceptors (Lipinski definition) is 2. The van der Waals surface area contributed by atoms with Crippen molar-refractivity contribution in [3.63, 3.8) is 0 Å². The van der Waals surface area contributed by atoms with Crippen molar-refractivity contribution in [2.24, 2.45) is 11.8 Å². The lowest BCUT2D eigenvalue weighted by Gasteiger charge is -2.16. The van der Waals surface area contributed by atoms with Gasteiger partial charge in [0.1, 0.15) is 0 Å². The van der Waals surface area contributed by atoms with Crippen LogP contribution in [0.2, 0.25) is 5.02 Å². The van der Waals surface area contributed by atoms with Crippen LogP contribution in [0, 0.1) is 11.8 Å². The summed E-state index contributed by atoms with van der Waals surface area (Å²) in [6.45, 7) is 3.71. The Hall–Kier alpha value is -1.55. The highest BCUT2D eigenvalue weighted by Crippen LogP contribution is 2.15. The van der Waals surface area contributed by atoms with Crippen molar-refractivity contribution in [1.82, 2.24) is 5.32 Å². The zero-order valence-corrected chi connectivity index (χ0v) is 11.1. The fraction of sp³-hybridized carbons (Fsp3) is 0.385. The highest BCUT2D eigenvalue weighted by molar-refractivity contribution is 6.33. The lowest BCUT2D eigenvalue weighted by atomic mass is 9.96. The van der Waals surface area contributed by atoms with E-state index in [9.17, 15) is 9.59 Å². The number of halogens is 1. The van der Waals surface area contributed by atoms with Crippen LogP contribution >= 0.6 is 11.6 Å². The fourth-order valence-corrected chi connectivity index (χ4v) is 1.77. The van der Waals surface area contributed by atoms with Crippen molar-refractivity contribution >= 4 is 23.5 Å². The Morgan fingerprint density at radius 1 is 1.33 bits per heavy atom. The zero-order valence-electron chi connectivity index (χ0n) is 10.3. The van der Waals surface area contributed by atoms with Crippen LogP contribution in [0.25, 0.3) is 0 Å². The number of benzene rings is 1. The molecule has 5 heteroatoms. The molecular weight excluding hydrogens is 254 g/mol. The highest BCUT2D eigenvalue weighted by Gasteiger charge is 2.22. The smallest absolute Gasteiger partial charge is 0.308 e. The second-order valence-corrected chi connectivity index (χ2v) is 4.79. The number of carboxylic acids is 1. The number of hydrogen-bond donors (Lipinski definition) is 2. The predicted octanol–water partition coefficient (Wildman–Crippen LogP) is 2.43. The van der Waals surface area contributed by atoms with E-state index in [1.54, 1.807) is 38.1 Å². The van der Waals surface area contributed by atoms with Gasteiger partial charge in [0, 0.05) is 6.54 Å². The van der Waals surface area contributed by atoms with Crippen molar-refractivity contribution < 1.29 is 14.7 Å². The number of aliphatic carboxylic acids is 1. The van der Waals surface area contributed by atoms with Gasteiger partial charge in [-0.05, 0) is 18.1 Å². The van der Waals surface area contributed by atoms with E-state index in [1.165, 1.54) is 0 Å². The first-order valence-electron chi connectivity index (χ1n) is 5.69. The first-order valence-corrected chi connectivity index (χ1v) is 6.06. The quantitative estimate of drug-likeness (QED) is 0.863. The number of rotatable bonds is 5. The lowest BCUT2D eigenvalue weighted by molar-refractivity contribution is -0.142. The van der Waals surface area contributed by atoms with Crippen LogP contribution in [-0.2, 0) is 4.79 Å². The first kappa shape index (κ1) is 14.5. The van der Waals surface area contributed by atoms with E-state index in [4.69, 9.17) is 16.7 Å². The monoisotopic (exact) mass is 269 g/mol. The van der Waals surface area contributed by atoms with E-state index in [0.717, 1.165) is 0 Å². The van der Waals surface area contributed by atoms with Gasteiger partial charge >= 0.3 is 5.97 Å². The van der Waals surface area contributed by atoms with E-state index in [2.05, 4.69) is 5.32 Å². The van der Waals surface area contributed by atoms with Crippen molar-refractivity contribution in [3.8, 4) is 0 Å². The molecule has 98 valence electrons. The molecule has 1 aromatic carbocycles. The maximum atomic E-state index is 11.8. The van der Waals surface area contributed by atoms with Crippen LogP contribution in [0.3, 0.4) is 0 Å². The normalized spacial score (nSPS) is 12.2. The Labute approximate surface area is 111 Å². The first-order chi connectivity index (χ1) is 8.43. The molecule has 18 heavy (non-hydrogen) atoms. The Balaban J connectivity index is 2.66. The molecule has 1 rings (SSSR count). The highest BCUT2D eigenvalue weighted by atomic mass is 35.5. The Kier molecular flexibility index (Phi) is 5.16. The van der Waals surface area contributed by atoms with Gasteiger partial charge in [0.2, 0.25) is 0 Å². The van der Waals surface area contributed by atoms with Gasteiger partial charge < -0.3 is 10.4 Å². The minimum atomic E-state index is -0.913. The largest absolute Gasteiger partial charge is 0.481 e. The Morgan fingerprint density at radius 3 is 2.44 bits per heavy atom. The molecule has 0 spiro atoms. The number of carbonyl (C=O) groups excluding carboxylic acids is 1. The summed E-state index contributed by atoms with van der Waals surface area (Å²) in [5.74, 6) is -1.91. The molecule has 0 aliphatic rings. The third-order valence-electron chi connectivity index (χ3n) is 2.72. The van der Waals surface area contributed by atoms with Gasteiger partial charge in [-0.1, -0.05) is 37.6 Å². The zero-order chi connectivity index (χ0) is 13.7. The summed E-state index contributed by atoms with van der Waals surface area (Å²) >= 11 is 5.88. The molecule has 1 aromatic rings. The van der Waals surface area contributed by atoms with E-state index in [-0.39, 0.29) is 18.4 Å². The maximum absolute atomic E-state index is 11.8. The average molecular weight is 270 g/mol. The molecule has 2 N–H and O–H groups in total. The van der Waals surface area contributed by atoms with E-state index < -0.39 is 11.9 Å². The van der Waals surface area contributed by atoms with Gasteiger partial charge in [-0.2, -0.15) is 0 Å². The second kappa shape index (κ2) is 6.40. The molecule has 0 aliphatic carbocycles. The van der Waals surface area contributed by atoms with Crippen LogP contribution in [-0.4, -0.2) is 23.5 Å². The summed E-state index contributed by atoms with van der Waals surface area (Å²) in [6.07, 6.45) is 0. The number of nitrogens with one attached hydrogen (secondary N) is 1. The van der Waals surface area contributed by atoms with Crippen molar-refractivity contribution in [3.05, 3.63) is 34.9 Å². The van der Waals surface area contributed by atoms with Gasteiger partial charge in [0.25, 0.3) is 5.91 Å². The van der Waals surface area contributed by atoms with Crippen LogP contribution in [0.4, 0.5) is 0 Å². The SMILES string of the molecule is CC(C)C(CNC(=O)c1ccccc1Cl)C(=O)O. The summed E-state index contributed by atoms with van der Waals surface area (Å²) in [5.41, 5.74) is 0.354. The second-order valence-electron chi connectivity index (χ2n) is 4.38. The summed E-state index contributed by atoms with van der Waals surface area (Å²) in [4.78, 5) is 22.8. The molecule has 1 atom stereocenters. The van der Waals surface area contributed by atoms with E-state index >= 15 is 0 Å². The van der Waals surface area contributed by atoms with Crippen molar-refractivity contribution in [2.75, 3.05) is 6.54 Å². The molecule has 0 fully saturated rings. The Morgan fingerprint density at radius 2 is 1.94 bits per heavy atom. The molecule has 0 saturated heterocycles. The van der Waals surface area contributed by atoms with Crippen LogP contribution in [0.1, 0.15) is 24.2 Å². The van der Waals surface area contributed by atoms with Crippen LogP contribution in [0.5, 0.6) is 0 Å². The third kappa shape index (κ3) is 3.74. The van der Waals surface area contributed by atoms with Crippen molar-refractivity contribution in [2.45, 2.75) is 13.8 Å². The number of amides is 1. The lowest BCUT2D eigenvalue weighted by Crippen LogP contribution is -2.35. The van der Waals surface area contributed by atoms with Gasteiger partial charge in [0.05, 0.1) is 16.5 Å². The molecule has 0 aliphatic heterocycles. The molecular formula is C13H16ClNO3. The minimum absolute atomic E-state index is 0.0472. The maximum Gasteiger partial charge on any atom is 0.308 e. The summed E-state index contributed by atoms with van der Waals surface area (Å²) in [5, 5.41) is 12.0. The Bertz CT molecular complexity index is 446. The molecule has 0 aromatic heterocycles. The standard InChI is InChI=1S/C13H16ClNO3/c1-8(2)10(13(17)18)7-15-12(16)9-5-3-4-6-11(9)14/h3-6,8,10H,7H2,1-2H3,(H,15,16)(H,17,18). The van der Waals surface area contributed by atoms with Gasteiger partial charge in [-0.25, -0.2) is 0 Å². The molecule has 1 unspecified atom stereocenters. The van der Waals surface area contributed by atoms with E-state index in [1.807, 2.05) is 0 Å². The molecule has 1 amide bonds. The number of carbonyl (C=O) groups is 2. The molecule has 0 heterocycles. The van der Waals surface area contributed by atoms with Crippen LogP contribution < -0.4 is 5.32 Å². The number of carboxylic acid groups (broad SMARTS) is 1. The minimum Gasteiger partial charge on any atom is -0.481 e. The fourth-order valence-electron chi connectivity index (χ4n) is 1.55. The van der Waals surface area contributed by atoms with Crippen molar-refractivity contribution in [1.29, 1.82) is 0 Å². The molecule has 0 bridgehead atoms. The van der Waals surface area contributed by atoms with E-state index in [0.29, 0.717) is 10.6 Å². The molecule has 4 nitrogen and oxygen atoms in total.